The molecule has 5 heteroatoms. The largest absolute Gasteiger partial charge is 0.481 e. The van der Waals surface area contributed by atoms with E-state index in [1.165, 1.54) is 6.92 Å². The lowest BCUT2D eigenvalue weighted by Crippen LogP contribution is -2.32. The summed E-state index contributed by atoms with van der Waals surface area (Å²) in [6.45, 7) is 1.49. The van der Waals surface area contributed by atoms with E-state index in [9.17, 15) is 9.59 Å². The van der Waals surface area contributed by atoms with Gasteiger partial charge in [0.15, 0.2) is 0 Å². The number of carboxylic acid groups (broad SMARTS) is 1. The van der Waals surface area contributed by atoms with Crippen molar-refractivity contribution in [2.75, 3.05) is 12.3 Å². The van der Waals surface area contributed by atoms with Crippen LogP contribution in [0.1, 0.15) is 6.92 Å². The van der Waals surface area contributed by atoms with Gasteiger partial charge >= 0.3 is 5.97 Å². The van der Waals surface area contributed by atoms with Crippen molar-refractivity contribution < 1.29 is 14.7 Å². The van der Waals surface area contributed by atoms with Crippen molar-refractivity contribution in [2.45, 2.75) is 6.92 Å². The molecule has 0 aliphatic heterocycles. The van der Waals surface area contributed by atoms with Gasteiger partial charge in [0.1, 0.15) is 0 Å². The molecule has 0 rings (SSSR count). The van der Waals surface area contributed by atoms with Gasteiger partial charge in [-0.2, -0.15) is 12.6 Å². The molecule has 0 aromatic rings. The first kappa shape index (κ1) is 10.3. The van der Waals surface area contributed by atoms with E-state index in [0.717, 1.165) is 0 Å². The van der Waals surface area contributed by atoms with Gasteiger partial charge in [-0.25, -0.2) is 0 Å². The van der Waals surface area contributed by atoms with Gasteiger partial charge in [0.05, 0.1) is 5.92 Å². The van der Waals surface area contributed by atoms with Gasteiger partial charge in [0, 0.05) is 19.2 Å². The molecule has 0 aliphatic carbocycles. The molecule has 1 unspecified atom stereocenters. The van der Waals surface area contributed by atoms with Crippen molar-refractivity contribution in [1.82, 2.24) is 5.32 Å². The SMILES string of the molecule is CC(=O)NCC(CS)C(=O)O. The van der Waals surface area contributed by atoms with Crippen molar-refractivity contribution in [3.8, 4) is 0 Å². The van der Waals surface area contributed by atoms with Crippen LogP contribution in [0, 0.1) is 5.92 Å². The first-order chi connectivity index (χ1) is 5.07. The Morgan fingerprint density at radius 2 is 2.18 bits per heavy atom. The highest BCUT2D eigenvalue weighted by Gasteiger charge is 2.14. The fourth-order valence-electron chi connectivity index (χ4n) is 0.497. The van der Waals surface area contributed by atoms with Crippen LogP contribution in [0.15, 0.2) is 0 Å². The van der Waals surface area contributed by atoms with Gasteiger partial charge in [-0.05, 0) is 0 Å². The van der Waals surface area contributed by atoms with Crippen LogP contribution in [-0.4, -0.2) is 29.3 Å². The van der Waals surface area contributed by atoms with E-state index >= 15 is 0 Å². The van der Waals surface area contributed by atoms with Crippen molar-refractivity contribution >= 4 is 24.5 Å². The first-order valence-corrected chi connectivity index (χ1v) is 3.79. The van der Waals surface area contributed by atoms with Gasteiger partial charge in [-0.1, -0.05) is 0 Å². The number of thiol groups is 1. The minimum atomic E-state index is -0.936. The second kappa shape index (κ2) is 5.01. The van der Waals surface area contributed by atoms with Crippen molar-refractivity contribution in [1.29, 1.82) is 0 Å². The van der Waals surface area contributed by atoms with E-state index in [0.29, 0.717) is 0 Å². The predicted octanol–water partition coefficient (Wildman–Crippen LogP) is -0.247. The topological polar surface area (TPSA) is 66.4 Å². The Bertz CT molecular complexity index is 160. The zero-order valence-electron chi connectivity index (χ0n) is 6.20. The summed E-state index contributed by atoms with van der Waals surface area (Å²) in [6, 6.07) is 0. The highest BCUT2D eigenvalue weighted by atomic mass is 32.1. The molecule has 0 spiro atoms. The summed E-state index contributed by atoms with van der Waals surface area (Å²) in [5.74, 6) is -1.52. The van der Waals surface area contributed by atoms with E-state index in [2.05, 4.69) is 17.9 Å². The van der Waals surface area contributed by atoms with Gasteiger partial charge < -0.3 is 10.4 Å². The van der Waals surface area contributed by atoms with Crippen LogP contribution in [-0.2, 0) is 9.59 Å². The number of hydrogen-bond donors (Lipinski definition) is 3. The van der Waals surface area contributed by atoms with Gasteiger partial charge in [0.25, 0.3) is 0 Å². The van der Waals surface area contributed by atoms with E-state index in [1.807, 2.05) is 0 Å². The molecule has 11 heavy (non-hydrogen) atoms. The molecule has 0 heterocycles. The molecule has 0 radical (unpaired) electrons. The van der Waals surface area contributed by atoms with Crippen LogP contribution >= 0.6 is 12.6 Å². The molecule has 4 nitrogen and oxygen atoms in total. The van der Waals surface area contributed by atoms with Crippen LogP contribution in [0.3, 0.4) is 0 Å². The van der Waals surface area contributed by atoms with Crippen LogP contribution in [0.2, 0.25) is 0 Å². The Labute approximate surface area is 70.4 Å². The number of carbonyl (C=O) groups excluding carboxylic acids is 1. The van der Waals surface area contributed by atoms with Crippen LogP contribution < -0.4 is 5.32 Å². The van der Waals surface area contributed by atoms with Crippen molar-refractivity contribution in [3.63, 3.8) is 0 Å². The lowest BCUT2D eigenvalue weighted by Gasteiger charge is -2.08. The molecular weight excluding hydrogens is 166 g/mol. The molecule has 64 valence electrons. The molecular formula is C6H11NO3S. The lowest BCUT2D eigenvalue weighted by atomic mass is 10.2. The summed E-state index contributed by atoms with van der Waals surface area (Å²) >= 11 is 3.83. The minimum absolute atomic E-state index is 0.147. The Morgan fingerprint density at radius 1 is 1.64 bits per heavy atom. The molecule has 1 atom stereocenters. The summed E-state index contributed by atoms with van der Waals surface area (Å²) in [7, 11) is 0. The molecule has 1 amide bonds. The quantitative estimate of drug-likeness (QED) is 0.519. The first-order valence-electron chi connectivity index (χ1n) is 3.16. The van der Waals surface area contributed by atoms with E-state index in [4.69, 9.17) is 5.11 Å². The summed E-state index contributed by atoms with van der Waals surface area (Å²) in [5.41, 5.74) is 0. The highest BCUT2D eigenvalue weighted by molar-refractivity contribution is 7.80. The average molecular weight is 177 g/mol. The molecule has 0 saturated carbocycles. The van der Waals surface area contributed by atoms with Crippen molar-refractivity contribution in [2.24, 2.45) is 5.92 Å². The standard InChI is InChI=1S/C6H11NO3S/c1-4(8)7-2-5(3-11)6(9)10/h5,11H,2-3H2,1H3,(H,7,8)(H,9,10). The summed E-state index contributed by atoms with van der Waals surface area (Å²) in [4.78, 5) is 20.7. The molecule has 0 saturated heterocycles. The molecule has 0 bridgehead atoms. The zero-order valence-corrected chi connectivity index (χ0v) is 7.10. The van der Waals surface area contributed by atoms with E-state index in [-0.39, 0.29) is 18.2 Å². The number of hydrogen-bond acceptors (Lipinski definition) is 3. The minimum Gasteiger partial charge on any atom is -0.481 e. The lowest BCUT2D eigenvalue weighted by molar-refractivity contribution is -0.140. The molecule has 0 aromatic heterocycles. The maximum absolute atomic E-state index is 10.4. The van der Waals surface area contributed by atoms with Gasteiger partial charge in [0.2, 0.25) is 5.91 Å². The third-order valence-electron chi connectivity index (χ3n) is 1.17. The summed E-state index contributed by atoms with van der Waals surface area (Å²) < 4.78 is 0. The number of carboxylic acids is 1. The van der Waals surface area contributed by atoms with Crippen LogP contribution in [0.25, 0.3) is 0 Å². The molecule has 0 fully saturated rings. The summed E-state index contributed by atoms with van der Waals surface area (Å²) in [5, 5.41) is 10.9. The summed E-state index contributed by atoms with van der Waals surface area (Å²) in [6.07, 6.45) is 0. The smallest absolute Gasteiger partial charge is 0.309 e. The number of amides is 1. The third kappa shape index (κ3) is 4.66. The monoisotopic (exact) mass is 177 g/mol. The average Bonchev–Trinajstić information content (AvgIpc) is 1.87. The van der Waals surface area contributed by atoms with Gasteiger partial charge in [-0.3, -0.25) is 9.59 Å². The Balaban J connectivity index is 3.70. The van der Waals surface area contributed by atoms with Gasteiger partial charge in [-0.15, -0.1) is 0 Å². The Hall–Kier alpha value is -0.710. The fraction of sp³-hybridized carbons (Fsp3) is 0.667. The second-order valence-electron chi connectivity index (χ2n) is 2.15. The Morgan fingerprint density at radius 3 is 2.45 bits per heavy atom. The highest BCUT2D eigenvalue weighted by Crippen LogP contribution is 1.96. The molecule has 2 N–H and O–H groups in total. The molecule has 0 aliphatic rings. The molecule has 0 aromatic carbocycles. The zero-order chi connectivity index (χ0) is 8.85. The Kier molecular flexibility index (Phi) is 4.69. The second-order valence-corrected chi connectivity index (χ2v) is 2.52. The number of carbonyl (C=O) groups is 2. The number of aliphatic carboxylic acids is 1. The third-order valence-corrected chi connectivity index (χ3v) is 1.61. The van der Waals surface area contributed by atoms with Crippen molar-refractivity contribution in [3.05, 3.63) is 0 Å². The predicted molar refractivity (Wildman–Crippen MR) is 43.7 cm³/mol. The van der Waals surface area contributed by atoms with Crippen LogP contribution in [0.5, 0.6) is 0 Å². The fourth-order valence-corrected chi connectivity index (χ4v) is 0.782. The van der Waals surface area contributed by atoms with E-state index < -0.39 is 11.9 Å². The van der Waals surface area contributed by atoms with Crippen LogP contribution in [0.4, 0.5) is 0 Å². The van der Waals surface area contributed by atoms with E-state index in [1.54, 1.807) is 0 Å². The maximum Gasteiger partial charge on any atom is 0.309 e. The number of nitrogens with one attached hydrogen (secondary N) is 1. The maximum atomic E-state index is 10.4. The number of rotatable bonds is 4. The normalized spacial score (nSPS) is 12.2.